The molecule has 2 rings (SSSR count). The molecule has 1 fully saturated rings. The summed E-state index contributed by atoms with van der Waals surface area (Å²) in [5, 5.41) is 12.4. The first kappa shape index (κ1) is 13.4. The van der Waals surface area contributed by atoms with Gasteiger partial charge in [-0.05, 0) is 44.9 Å². The third kappa shape index (κ3) is 3.24. The summed E-state index contributed by atoms with van der Waals surface area (Å²) in [4.78, 5) is 0. The third-order valence-corrected chi connectivity index (χ3v) is 3.67. The molecular weight excluding hydrogens is 292 g/mol. The van der Waals surface area contributed by atoms with Crippen LogP contribution in [0.1, 0.15) is 32.3 Å². The normalized spacial score (nSPS) is 21.6. The summed E-state index contributed by atoms with van der Waals surface area (Å²) in [6.45, 7) is 4.98. The van der Waals surface area contributed by atoms with Gasteiger partial charge in [0.05, 0.1) is 23.0 Å². The fourth-order valence-electron chi connectivity index (χ4n) is 2.21. The van der Waals surface area contributed by atoms with Crippen molar-refractivity contribution in [2.75, 3.05) is 11.9 Å². The second-order valence-corrected chi connectivity index (χ2v) is 6.14. The van der Waals surface area contributed by atoms with E-state index >= 15 is 0 Å². The predicted molar refractivity (Wildman–Crippen MR) is 75.5 cm³/mol. The zero-order valence-corrected chi connectivity index (χ0v) is 12.3. The van der Waals surface area contributed by atoms with E-state index in [1.54, 1.807) is 0 Å². The van der Waals surface area contributed by atoms with Crippen LogP contribution in [0.15, 0.2) is 22.7 Å². The number of hydrogen-bond donors (Lipinski definition) is 1. The van der Waals surface area contributed by atoms with Crippen LogP contribution < -0.4 is 5.32 Å². The number of nitriles is 1. The zero-order chi connectivity index (χ0) is 13.2. The van der Waals surface area contributed by atoms with Crippen LogP contribution in [0.5, 0.6) is 0 Å². The van der Waals surface area contributed by atoms with Crippen molar-refractivity contribution in [2.45, 2.75) is 38.4 Å². The van der Waals surface area contributed by atoms with Crippen molar-refractivity contribution in [3.8, 4) is 6.07 Å². The highest BCUT2D eigenvalue weighted by atomic mass is 79.9. The number of nitrogens with zero attached hydrogens (tertiary/aromatic N) is 1. The standard InChI is InChI=1S/C14H17BrN2O/c1-14(2)6-5-12(18-14)9-17-13-7-11(15)4-3-10(13)8-16/h3-4,7,12,17H,5-6,9H2,1-2H3. The van der Waals surface area contributed by atoms with Crippen LogP contribution in [-0.2, 0) is 4.74 Å². The van der Waals surface area contributed by atoms with Gasteiger partial charge < -0.3 is 10.1 Å². The van der Waals surface area contributed by atoms with Crippen LogP contribution in [0.2, 0.25) is 0 Å². The number of anilines is 1. The monoisotopic (exact) mass is 308 g/mol. The van der Waals surface area contributed by atoms with Crippen molar-refractivity contribution in [1.29, 1.82) is 5.26 Å². The quantitative estimate of drug-likeness (QED) is 0.926. The maximum Gasteiger partial charge on any atom is 0.101 e. The molecule has 1 atom stereocenters. The molecular formula is C14H17BrN2O. The van der Waals surface area contributed by atoms with Gasteiger partial charge in [-0.15, -0.1) is 0 Å². The minimum absolute atomic E-state index is 0.0122. The van der Waals surface area contributed by atoms with Crippen molar-refractivity contribution in [3.63, 3.8) is 0 Å². The van der Waals surface area contributed by atoms with Crippen LogP contribution in [0.4, 0.5) is 5.69 Å². The number of benzene rings is 1. The van der Waals surface area contributed by atoms with Gasteiger partial charge in [0, 0.05) is 11.0 Å². The summed E-state index contributed by atoms with van der Waals surface area (Å²) < 4.78 is 6.89. The number of nitrogens with one attached hydrogen (secondary N) is 1. The Balaban J connectivity index is 1.99. The smallest absolute Gasteiger partial charge is 0.101 e. The van der Waals surface area contributed by atoms with Crippen molar-refractivity contribution >= 4 is 21.6 Å². The lowest BCUT2D eigenvalue weighted by atomic mass is 10.1. The minimum Gasteiger partial charge on any atom is -0.381 e. The minimum atomic E-state index is -0.0122. The highest BCUT2D eigenvalue weighted by Crippen LogP contribution is 2.30. The topological polar surface area (TPSA) is 45.0 Å². The SMILES string of the molecule is CC1(C)CCC(CNc2cc(Br)ccc2C#N)O1. The van der Waals surface area contributed by atoms with Gasteiger partial charge in [0.15, 0.2) is 0 Å². The molecule has 1 unspecified atom stereocenters. The Labute approximate surface area is 116 Å². The Morgan fingerprint density at radius 3 is 2.94 bits per heavy atom. The van der Waals surface area contributed by atoms with Gasteiger partial charge in [-0.3, -0.25) is 0 Å². The van der Waals surface area contributed by atoms with E-state index in [9.17, 15) is 0 Å². The second-order valence-electron chi connectivity index (χ2n) is 5.22. The fraction of sp³-hybridized carbons (Fsp3) is 0.500. The molecule has 1 aliphatic heterocycles. The molecule has 1 saturated heterocycles. The first-order chi connectivity index (χ1) is 8.50. The highest BCUT2D eigenvalue weighted by molar-refractivity contribution is 9.10. The largest absolute Gasteiger partial charge is 0.381 e. The van der Waals surface area contributed by atoms with E-state index in [0.29, 0.717) is 5.56 Å². The molecule has 18 heavy (non-hydrogen) atoms. The zero-order valence-electron chi connectivity index (χ0n) is 10.7. The molecule has 0 radical (unpaired) electrons. The molecule has 4 heteroatoms. The van der Waals surface area contributed by atoms with Gasteiger partial charge in [-0.2, -0.15) is 5.26 Å². The Bertz CT molecular complexity index is 479. The summed E-state index contributed by atoms with van der Waals surface area (Å²) in [5.74, 6) is 0. The summed E-state index contributed by atoms with van der Waals surface area (Å²) in [7, 11) is 0. The Hall–Kier alpha value is -1.05. The Kier molecular flexibility index (Phi) is 3.94. The van der Waals surface area contributed by atoms with Crippen LogP contribution in [0.3, 0.4) is 0 Å². The summed E-state index contributed by atoms with van der Waals surface area (Å²) >= 11 is 3.42. The van der Waals surface area contributed by atoms with Gasteiger partial charge in [-0.25, -0.2) is 0 Å². The molecule has 0 aliphatic carbocycles. The van der Waals surface area contributed by atoms with Crippen LogP contribution in [-0.4, -0.2) is 18.2 Å². The molecule has 96 valence electrons. The molecule has 0 saturated carbocycles. The Morgan fingerprint density at radius 1 is 1.56 bits per heavy atom. The van der Waals surface area contributed by atoms with Gasteiger partial charge in [0.2, 0.25) is 0 Å². The van der Waals surface area contributed by atoms with Crippen molar-refractivity contribution in [3.05, 3.63) is 28.2 Å². The lowest BCUT2D eigenvalue weighted by Crippen LogP contribution is -2.25. The molecule has 1 N–H and O–H groups in total. The van der Waals surface area contributed by atoms with Gasteiger partial charge in [-0.1, -0.05) is 15.9 Å². The molecule has 1 aromatic rings. The van der Waals surface area contributed by atoms with E-state index in [0.717, 1.165) is 29.5 Å². The van der Waals surface area contributed by atoms with Gasteiger partial charge in [0.1, 0.15) is 6.07 Å². The van der Waals surface area contributed by atoms with Crippen molar-refractivity contribution < 1.29 is 4.74 Å². The third-order valence-electron chi connectivity index (χ3n) is 3.18. The average molecular weight is 309 g/mol. The molecule has 1 heterocycles. The fourth-order valence-corrected chi connectivity index (χ4v) is 2.57. The number of halogens is 1. The lowest BCUT2D eigenvalue weighted by Gasteiger charge is -2.20. The van der Waals surface area contributed by atoms with Crippen LogP contribution >= 0.6 is 15.9 Å². The van der Waals surface area contributed by atoms with E-state index in [-0.39, 0.29) is 11.7 Å². The van der Waals surface area contributed by atoms with E-state index in [1.165, 1.54) is 0 Å². The first-order valence-electron chi connectivity index (χ1n) is 6.11. The highest BCUT2D eigenvalue weighted by Gasteiger charge is 2.31. The molecule has 0 aromatic heterocycles. The average Bonchev–Trinajstić information content (AvgIpc) is 2.66. The molecule has 1 aromatic carbocycles. The molecule has 0 bridgehead atoms. The van der Waals surface area contributed by atoms with Gasteiger partial charge in [0.25, 0.3) is 0 Å². The van der Waals surface area contributed by atoms with E-state index in [1.807, 2.05) is 18.2 Å². The molecule has 0 amide bonds. The summed E-state index contributed by atoms with van der Waals surface area (Å²) in [6.07, 6.45) is 2.38. The van der Waals surface area contributed by atoms with Crippen LogP contribution in [0.25, 0.3) is 0 Å². The molecule has 1 aliphatic rings. The predicted octanol–water partition coefficient (Wildman–Crippen LogP) is 3.69. The summed E-state index contributed by atoms with van der Waals surface area (Å²) in [6, 6.07) is 7.80. The van der Waals surface area contributed by atoms with Crippen LogP contribution in [0, 0.1) is 11.3 Å². The maximum atomic E-state index is 9.05. The molecule has 0 spiro atoms. The lowest BCUT2D eigenvalue weighted by molar-refractivity contribution is -0.00910. The molecule has 3 nitrogen and oxygen atoms in total. The Morgan fingerprint density at radius 2 is 2.33 bits per heavy atom. The van der Waals surface area contributed by atoms with Gasteiger partial charge >= 0.3 is 0 Å². The summed E-state index contributed by atoms with van der Waals surface area (Å²) in [5.41, 5.74) is 1.51. The van der Waals surface area contributed by atoms with Crippen molar-refractivity contribution in [2.24, 2.45) is 0 Å². The van der Waals surface area contributed by atoms with E-state index in [2.05, 4.69) is 41.2 Å². The number of ether oxygens (including phenoxy) is 1. The number of rotatable bonds is 3. The first-order valence-corrected chi connectivity index (χ1v) is 6.91. The van der Waals surface area contributed by atoms with E-state index < -0.39 is 0 Å². The number of hydrogen-bond acceptors (Lipinski definition) is 3. The van der Waals surface area contributed by atoms with E-state index in [4.69, 9.17) is 10.00 Å². The second kappa shape index (κ2) is 5.29. The van der Waals surface area contributed by atoms with Crippen molar-refractivity contribution in [1.82, 2.24) is 0 Å². The maximum absolute atomic E-state index is 9.05.